The number of nitrogens with one attached hydrogen (secondary N) is 2. The van der Waals surface area contributed by atoms with Gasteiger partial charge in [-0.25, -0.2) is 9.97 Å². The zero-order valence-corrected chi connectivity index (χ0v) is 13.0. The molecule has 0 spiro atoms. The van der Waals surface area contributed by atoms with Crippen LogP contribution in [0.4, 0.5) is 11.6 Å². The summed E-state index contributed by atoms with van der Waals surface area (Å²) in [6, 6.07) is 2.28. The molecule has 6 heteroatoms. The Balaban J connectivity index is 2.69. The summed E-state index contributed by atoms with van der Waals surface area (Å²) in [7, 11) is 1.72. The van der Waals surface area contributed by atoms with E-state index in [-0.39, 0.29) is 0 Å². The van der Waals surface area contributed by atoms with Crippen LogP contribution in [0.3, 0.4) is 0 Å². The van der Waals surface area contributed by atoms with Gasteiger partial charge < -0.3 is 15.4 Å². The minimum absolute atomic E-state index is 0.323. The van der Waals surface area contributed by atoms with Crippen LogP contribution in [-0.4, -0.2) is 42.5 Å². The molecule has 0 radical (unpaired) electrons. The number of thioether (sulfide) groups is 1. The molecule has 1 unspecified atom stereocenters. The standard InChI is InChI=1S/C13H24N4OS/c1-5-7-14-11-9-12(17-13(16-11)19-4)15-10(2)6-8-18-3/h9-10H,5-8H2,1-4H3,(H2,14,15,16,17). The average Bonchev–Trinajstić information content (AvgIpc) is 2.42. The van der Waals surface area contributed by atoms with Crippen LogP contribution in [-0.2, 0) is 4.74 Å². The van der Waals surface area contributed by atoms with Crippen molar-refractivity contribution < 1.29 is 4.74 Å². The fourth-order valence-corrected chi connectivity index (χ4v) is 1.93. The second-order valence-corrected chi connectivity index (χ2v) is 5.15. The molecule has 0 saturated heterocycles. The third-order valence-electron chi connectivity index (χ3n) is 2.59. The molecule has 0 bridgehead atoms. The van der Waals surface area contributed by atoms with Crippen molar-refractivity contribution in [2.75, 3.05) is 37.2 Å². The molecule has 0 saturated carbocycles. The SMILES string of the molecule is CCCNc1cc(NC(C)CCOC)nc(SC)n1. The van der Waals surface area contributed by atoms with Crippen molar-refractivity contribution in [1.82, 2.24) is 9.97 Å². The summed E-state index contributed by atoms with van der Waals surface area (Å²) in [4.78, 5) is 8.90. The van der Waals surface area contributed by atoms with Gasteiger partial charge in [-0.1, -0.05) is 18.7 Å². The van der Waals surface area contributed by atoms with Crippen LogP contribution in [0, 0.1) is 0 Å². The van der Waals surface area contributed by atoms with Crippen LogP contribution < -0.4 is 10.6 Å². The molecule has 108 valence electrons. The number of rotatable bonds is 9. The fourth-order valence-electron chi connectivity index (χ4n) is 1.55. The third-order valence-corrected chi connectivity index (χ3v) is 3.14. The van der Waals surface area contributed by atoms with Gasteiger partial charge in [-0.15, -0.1) is 0 Å². The van der Waals surface area contributed by atoms with Crippen molar-refractivity contribution in [3.63, 3.8) is 0 Å². The van der Waals surface area contributed by atoms with Crippen LogP contribution in [0.5, 0.6) is 0 Å². The highest BCUT2D eigenvalue weighted by atomic mass is 32.2. The lowest BCUT2D eigenvalue weighted by molar-refractivity contribution is 0.191. The predicted octanol–water partition coefficient (Wildman–Crippen LogP) is 2.86. The molecule has 0 amide bonds. The molecule has 1 rings (SSSR count). The highest BCUT2D eigenvalue weighted by molar-refractivity contribution is 7.98. The van der Waals surface area contributed by atoms with E-state index in [0.29, 0.717) is 6.04 Å². The second kappa shape index (κ2) is 8.98. The highest BCUT2D eigenvalue weighted by Crippen LogP contribution is 2.18. The molecule has 1 aromatic heterocycles. The van der Waals surface area contributed by atoms with Crippen LogP contribution in [0.15, 0.2) is 11.2 Å². The van der Waals surface area contributed by atoms with Gasteiger partial charge in [-0.3, -0.25) is 0 Å². The number of hydrogen-bond acceptors (Lipinski definition) is 6. The summed E-state index contributed by atoms with van der Waals surface area (Å²) >= 11 is 1.55. The Bertz CT molecular complexity index is 376. The molecule has 0 aliphatic carbocycles. The molecule has 19 heavy (non-hydrogen) atoms. The molecular weight excluding hydrogens is 260 g/mol. The van der Waals surface area contributed by atoms with Crippen LogP contribution in [0.2, 0.25) is 0 Å². The summed E-state index contributed by atoms with van der Waals surface area (Å²) < 4.78 is 5.08. The first-order valence-electron chi connectivity index (χ1n) is 6.62. The Morgan fingerprint density at radius 1 is 1.37 bits per heavy atom. The lowest BCUT2D eigenvalue weighted by Crippen LogP contribution is -2.18. The first kappa shape index (κ1) is 16.0. The van der Waals surface area contributed by atoms with Gasteiger partial charge in [0, 0.05) is 32.4 Å². The molecule has 0 aliphatic rings. The van der Waals surface area contributed by atoms with Crippen LogP contribution in [0.1, 0.15) is 26.7 Å². The Kier molecular flexibility index (Phi) is 7.59. The maximum atomic E-state index is 5.08. The van der Waals surface area contributed by atoms with Gasteiger partial charge in [-0.2, -0.15) is 0 Å². The summed E-state index contributed by atoms with van der Waals surface area (Å²) in [5.41, 5.74) is 0. The lowest BCUT2D eigenvalue weighted by atomic mass is 10.2. The monoisotopic (exact) mass is 284 g/mol. The Labute approximate surface area is 119 Å². The maximum absolute atomic E-state index is 5.08. The normalized spacial score (nSPS) is 12.2. The van der Waals surface area contributed by atoms with Gasteiger partial charge in [0.2, 0.25) is 0 Å². The number of hydrogen-bond donors (Lipinski definition) is 2. The number of anilines is 2. The maximum Gasteiger partial charge on any atom is 0.191 e. The number of nitrogens with zero attached hydrogens (tertiary/aromatic N) is 2. The fraction of sp³-hybridized carbons (Fsp3) is 0.692. The van der Waals surface area contributed by atoms with Gasteiger partial charge in [0.1, 0.15) is 11.6 Å². The molecule has 2 N–H and O–H groups in total. The van der Waals surface area contributed by atoms with E-state index in [2.05, 4.69) is 34.4 Å². The van der Waals surface area contributed by atoms with E-state index in [9.17, 15) is 0 Å². The van der Waals surface area contributed by atoms with Crippen molar-refractivity contribution >= 4 is 23.4 Å². The number of methoxy groups -OCH3 is 1. The average molecular weight is 284 g/mol. The summed E-state index contributed by atoms with van der Waals surface area (Å²) in [6.07, 6.45) is 4.01. The van der Waals surface area contributed by atoms with Crippen molar-refractivity contribution in [3.8, 4) is 0 Å². The molecule has 0 fully saturated rings. The molecule has 1 atom stereocenters. The van der Waals surface area contributed by atoms with E-state index in [0.717, 1.165) is 42.8 Å². The van der Waals surface area contributed by atoms with Crippen LogP contribution in [0.25, 0.3) is 0 Å². The van der Waals surface area contributed by atoms with Gasteiger partial charge in [0.15, 0.2) is 5.16 Å². The van der Waals surface area contributed by atoms with E-state index >= 15 is 0 Å². The first-order chi connectivity index (χ1) is 9.19. The van der Waals surface area contributed by atoms with Gasteiger partial charge in [-0.05, 0) is 26.0 Å². The van der Waals surface area contributed by atoms with E-state index in [4.69, 9.17) is 4.74 Å². The van der Waals surface area contributed by atoms with Gasteiger partial charge >= 0.3 is 0 Å². The molecule has 5 nitrogen and oxygen atoms in total. The summed E-state index contributed by atoms with van der Waals surface area (Å²) in [5, 5.41) is 7.46. The van der Waals surface area contributed by atoms with Gasteiger partial charge in [0.05, 0.1) is 0 Å². The molecule has 0 aliphatic heterocycles. The largest absolute Gasteiger partial charge is 0.385 e. The number of ether oxygens (including phenoxy) is 1. The Morgan fingerprint density at radius 3 is 2.74 bits per heavy atom. The molecule has 1 aromatic rings. The summed E-state index contributed by atoms with van der Waals surface area (Å²) in [5.74, 6) is 1.74. The van der Waals surface area contributed by atoms with Gasteiger partial charge in [0.25, 0.3) is 0 Å². The quantitative estimate of drug-likeness (QED) is 0.537. The summed E-state index contributed by atoms with van der Waals surface area (Å²) in [6.45, 7) is 5.92. The zero-order valence-electron chi connectivity index (χ0n) is 12.2. The van der Waals surface area contributed by atoms with Crippen molar-refractivity contribution in [2.45, 2.75) is 37.9 Å². The molecular formula is C13H24N4OS. The molecule has 0 aromatic carbocycles. The van der Waals surface area contributed by atoms with E-state index < -0.39 is 0 Å². The highest BCUT2D eigenvalue weighted by Gasteiger charge is 2.07. The second-order valence-electron chi connectivity index (χ2n) is 4.38. The minimum atomic E-state index is 0.323. The first-order valence-corrected chi connectivity index (χ1v) is 7.84. The number of aromatic nitrogens is 2. The van der Waals surface area contributed by atoms with E-state index in [1.807, 2.05) is 12.3 Å². The predicted molar refractivity (Wildman–Crippen MR) is 82.2 cm³/mol. The Morgan fingerprint density at radius 2 is 2.11 bits per heavy atom. The van der Waals surface area contributed by atoms with Crippen molar-refractivity contribution in [3.05, 3.63) is 6.07 Å². The minimum Gasteiger partial charge on any atom is -0.385 e. The molecule has 1 heterocycles. The smallest absolute Gasteiger partial charge is 0.191 e. The van der Waals surface area contributed by atoms with E-state index in [1.54, 1.807) is 18.9 Å². The van der Waals surface area contributed by atoms with Crippen LogP contribution >= 0.6 is 11.8 Å². The van der Waals surface area contributed by atoms with Crippen molar-refractivity contribution in [2.24, 2.45) is 0 Å². The van der Waals surface area contributed by atoms with Crippen molar-refractivity contribution in [1.29, 1.82) is 0 Å². The topological polar surface area (TPSA) is 59.1 Å². The zero-order chi connectivity index (χ0) is 14.1. The van der Waals surface area contributed by atoms with E-state index in [1.165, 1.54) is 0 Å². The Hall–Kier alpha value is -1.01. The lowest BCUT2D eigenvalue weighted by Gasteiger charge is -2.15. The third kappa shape index (κ3) is 6.11.